The number of aryl methyl sites for hydroxylation is 1. The smallest absolute Gasteiger partial charge is 0.138 e. The van der Waals surface area contributed by atoms with Gasteiger partial charge in [0.15, 0.2) is 0 Å². The van der Waals surface area contributed by atoms with Gasteiger partial charge < -0.3 is 5.73 Å². The van der Waals surface area contributed by atoms with Crippen LogP contribution in [-0.2, 0) is 13.0 Å². The topological polar surface area (TPSA) is 56.7 Å². The number of nitrogens with two attached hydrogens (primary N) is 1. The largest absolute Gasteiger partial charge is 0.327 e. The van der Waals surface area contributed by atoms with E-state index in [1.54, 1.807) is 6.33 Å². The van der Waals surface area contributed by atoms with Crippen LogP contribution in [-0.4, -0.2) is 20.8 Å². The molecule has 1 saturated carbocycles. The summed E-state index contributed by atoms with van der Waals surface area (Å²) >= 11 is 0. The van der Waals surface area contributed by atoms with Crippen LogP contribution in [0.4, 0.5) is 0 Å². The lowest BCUT2D eigenvalue weighted by Gasteiger charge is -2.30. The number of aromatic nitrogens is 3. The summed E-state index contributed by atoms with van der Waals surface area (Å²) in [5.41, 5.74) is 6.15. The standard InChI is InChI=1S/C11H20N4/c1-2-6-15-11(13-8-14-15)7-10(12)9-4-3-5-9/h8-10H,2-7,12H2,1H3. The van der Waals surface area contributed by atoms with Gasteiger partial charge in [0.25, 0.3) is 0 Å². The van der Waals surface area contributed by atoms with Gasteiger partial charge in [-0.3, -0.25) is 4.68 Å². The maximum absolute atomic E-state index is 6.15. The third kappa shape index (κ3) is 2.37. The highest BCUT2D eigenvalue weighted by Crippen LogP contribution is 2.29. The van der Waals surface area contributed by atoms with E-state index in [9.17, 15) is 0 Å². The Hall–Kier alpha value is -0.900. The van der Waals surface area contributed by atoms with Gasteiger partial charge in [-0.25, -0.2) is 4.98 Å². The van der Waals surface area contributed by atoms with Gasteiger partial charge >= 0.3 is 0 Å². The van der Waals surface area contributed by atoms with Crippen molar-refractivity contribution in [3.8, 4) is 0 Å². The van der Waals surface area contributed by atoms with Gasteiger partial charge in [0.1, 0.15) is 12.2 Å². The Morgan fingerprint density at radius 3 is 3.00 bits per heavy atom. The quantitative estimate of drug-likeness (QED) is 0.795. The Labute approximate surface area is 90.9 Å². The molecule has 0 amide bonds. The van der Waals surface area contributed by atoms with E-state index in [1.807, 2.05) is 4.68 Å². The Morgan fingerprint density at radius 1 is 1.60 bits per heavy atom. The fourth-order valence-corrected chi connectivity index (χ4v) is 2.09. The van der Waals surface area contributed by atoms with E-state index in [-0.39, 0.29) is 6.04 Å². The molecule has 0 aromatic carbocycles. The molecule has 1 aromatic rings. The number of nitrogens with zero attached hydrogens (tertiary/aromatic N) is 3. The van der Waals surface area contributed by atoms with Crippen molar-refractivity contribution in [3.63, 3.8) is 0 Å². The van der Waals surface area contributed by atoms with Crippen LogP contribution < -0.4 is 5.73 Å². The Kier molecular flexibility index (Phi) is 3.36. The lowest BCUT2D eigenvalue weighted by molar-refractivity contribution is 0.256. The van der Waals surface area contributed by atoms with E-state index >= 15 is 0 Å². The summed E-state index contributed by atoms with van der Waals surface area (Å²) in [7, 11) is 0. The zero-order valence-electron chi connectivity index (χ0n) is 9.39. The molecule has 2 N–H and O–H groups in total. The average Bonchev–Trinajstić information content (AvgIpc) is 2.50. The SMILES string of the molecule is CCCn1ncnc1CC(N)C1CCC1. The molecule has 0 aliphatic heterocycles. The van der Waals surface area contributed by atoms with Crippen molar-refractivity contribution in [1.82, 2.24) is 14.8 Å². The minimum absolute atomic E-state index is 0.276. The summed E-state index contributed by atoms with van der Waals surface area (Å²) in [4.78, 5) is 4.29. The Balaban J connectivity index is 1.93. The van der Waals surface area contributed by atoms with Crippen molar-refractivity contribution < 1.29 is 0 Å². The van der Waals surface area contributed by atoms with Crippen LogP contribution in [0.2, 0.25) is 0 Å². The molecule has 0 saturated heterocycles. The molecule has 1 aliphatic carbocycles. The first kappa shape index (κ1) is 10.6. The second-order valence-corrected chi connectivity index (χ2v) is 4.46. The van der Waals surface area contributed by atoms with E-state index in [2.05, 4.69) is 17.0 Å². The van der Waals surface area contributed by atoms with Gasteiger partial charge in [0.2, 0.25) is 0 Å². The average molecular weight is 208 g/mol. The summed E-state index contributed by atoms with van der Waals surface area (Å²) in [6.07, 6.45) is 7.55. The first-order chi connectivity index (χ1) is 7.31. The van der Waals surface area contributed by atoms with Crippen molar-refractivity contribution in [2.24, 2.45) is 11.7 Å². The highest BCUT2D eigenvalue weighted by molar-refractivity contribution is 4.92. The van der Waals surface area contributed by atoms with E-state index in [0.29, 0.717) is 0 Å². The molecule has 1 heterocycles. The van der Waals surface area contributed by atoms with Crippen molar-refractivity contribution in [3.05, 3.63) is 12.2 Å². The van der Waals surface area contributed by atoms with Crippen molar-refractivity contribution >= 4 is 0 Å². The molecular weight excluding hydrogens is 188 g/mol. The van der Waals surface area contributed by atoms with Crippen molar-refractivity contribution in [2.45, 2.75) is 51.6 Å². The lowest BCUT2D eigenvalue weighted by atomic mass is 9.79. The first-order valence-electron chi connectivity index (χ1n) is 5.93. The normalized spacial score (nSPS) is 18.8. The Morgan fingerprint density at radius 2 is 2.40 bits per heavy atom. The molecule has 1 fully saturated rings. The van der Waals surface area contributed by atoms with Crippen LogP contribution in [0, 0.1) is 5.92 Å². The molecule has 1 unspecified atom stereocenters. The van der Waals surface area contributed by atoms with Gasteiger partial charge in [-0.15, -0.1) is 0 Å². The molecule has 0 spiro atoms. The molecule has 4 nitrogen and oxygen atoms in total. The number of hydrogen-bond donors (Lipinski definition) is 1. The minimum Gasteiger partial charge on any atom is -0.327 e. The van der Waals surface area contributed by atoms with Crippen molar-refractivity contribution in [2.75, 3.05) is 0 Å². The first-order valence-corrected chi connectivity index (χ1v) is 5.93. The summed E-state index contributed by atoms with van der Waals surface area (Å²) in [5, 5.41) is 4.21. The van der Waals surface area contributed by atoms with Crippen LogP contribution in [0.3, 0.4) is 0 Å². The number of rotatable bonds is 5. The molecule has 1 aliphatic rings. The molecule has 0 radical (unpaired) electrons. The second-order valence-electron chi connectivity index (χ2n) is 4.46. The van der Waals surface area contributed by atoms with Crippen molar-refractivity contribution in [1.29, 1.82) is 0 Å². The lowest BCUT2D eigenvalue weighted by Crippen LogP contribution is -2.37. The maximum atomic E-state index is 6.15. The van der Waals surface area contributed by atoms with Crippen LogP contribution >= 0.6 is 0 Å². The van der Waals surface area contributed by atoms with Crippen LogP contribution in [0.25, 0.3) is 0 Å². The number of hydrogen-bond acceptors (Lipinski definition) is 3. The highest BCUT2D eigenvalue weighted by Gasteiger charge is 2.25. The predicted molar refractivity (Wildman–Crippen MR) is 59.3 cm³/mol. The highest BCUT2D eigenvalue weighted by atomic mass is 15.3. The van der Waals surface area contributed by atoms with E-state index < -0.39 is 0 Å². The van der Waals surface area contributed by atoms with E-state index in [1.165, 1.54) is 19.3 Å². The van der Waals surface area contributed by atoms with Crippen LogP contribution in [0.5, 0.6) is 0 Å². The molecule has 15 heavy (non-hydrogen) atoms. The van der Waals surface area contributed by atoms with Gasteiger partial charge in [-0.1, -0.05) is 13.3 Å². The van der Waals surface area contributed by atoms with Crippen LogP contribution in [0.1, 0.15) is 38.4 Å². The molecule has 84 valence electrons. The van der Waals surface area contributed by atoms with E-state index in [0.717, 1.165) is 31.1 Å². The third-order valence-corrected chi connectivity index (χ3v) is 3.30. The minimum atomic E-state index is 0.276. The van der Waals surface area contributed by atoms with E-state index in [4.69, 9.17) is 5.73 Å². The third-order valence-electron chi connectivity index (χ3n) is 3.30. The van der Waals surface area contributed by atoms with Gasteiger partial charge in [0.05, 0.1) is 0 Å². The monoisotopic (exact) mass is 208 g/mol. The van der Waals surface area contributed by atoms with Gasteiger partial charge in [-0.2, -0.15) is 5.10 Å². The summed E-state index contributed by atoms with van der Waals surface area (Å²) in [6, 6.07) is 0.276. The predicted octanol–water partition coefficient (Wildman–Crippen LogP) is 1.36. The molecule has 4 heteroatoms. The summed E-state index contributed by atoms with van der Waals surface area (Å²) in [5.74, 6) is 1.77. The van der Waals surface area contributed by atoms with Gasteiger partial charge in [0, 0.05) is 19.0 Å². The summed E-state index contributed by atoms with van der Waals surface area (Å²) in [6.45, 7) is 3.10. The van der Waals surface area contributed by atoms with Gasteiger partial charge in [-0.05, 0) is 25.2 Å². The zero-order valence-corrected chi connectivity index (χ0v) is 9.39. The molecule has 1 atom stereocenters. The second kappa shape index (κ2) is 4.75. The molecular formula is C11H20N4. The molecule has 1 aromatic heterocycles. The van der Waals surface area contributed by atoms with Crippen LogP contribution in [0.15, 0.2) is 6.33 Å². The maximum Gasteiger partial charge on any atom is 0.138 e. The fraction of sp³-hybridized carbons (Fsp3) is 0.818. The Bertz CT molecular complexity index is 303. The summed E-state index contributed by atoms with van der Waals surface area (Å²) < 4.78 is 1.98. The molecule has 0 bridgehead atoms. The zero-order chi connectivity index (χ0) is 10.7. The molecule has 2 rings (SSSR count). The fourth-order valence-electron chi connectivity index (χ4n) is 2.09.